The largest absolute Gasteiger partial charge is 0.489 e. The quantitative estimate of drug-likeness (QED) is 0.699. The van der Waals surface area contributed by atoms with Gasteiger partial charge in [0, 0.05) is 20.7 Å². The molecule has 0 radical (unpaired) electrons. The molecule has 2 amide bonds. The molecule has 1 unspecified atom stereocenters. The zero-order valence-corrected chi connectivity index (χ0v) is 10.6. The van der Waals surface area contributed by atoms with Crippen molar-refractivity contribution in [2.75, 3.05) is 32.6 Å². The van der Waals surface area contributed by atoms with E-state index in [-0.39, 0.29) is 12.1 Å². The van der Waals surface area contributed by atoms with E-state index in [1.54, 1.807) is 26.3 Å². The first-order chi connectivity index (χ1) is 8.71. The van der Waals surface area contributed by atoms with Gasteiger partial charge < -0.3 is 25.8 Å². The van der Waals surface area contributed by atoms with Crippen molar-refractivity contribution in [3.05, 3.63) is 24.3 Å². The SMILES string of the molecule is CNC(=O)Nc1ccccc1OCC(CN)OC. The molecule has 0 aliphatic heterocycles. The molecule has 1 rings (SSSR count). The van der Waals surface area contributed by atoms with Crippen LogP contribution in [0, 0.1) is 0 Å². The molecule has 6 nitrogen and oxygen atoms in total. The summed E-state index contributed by atoms with van der Waals surface area (Å²) >= 11 is 0. The number of anilines is 1. The number of amides is 2. The summed E-state index contributed by atoms with van der Waals surface area (Å²) in [5, 5.41) is 5.15. The number of carbonyl (C=O) groups is 1. The lowest BCUT2D eigenvalue weighted by atomic mass is 10.3. The average molecular weight is 253 g/mol. The number of nitrogens with two attached hydrogens (primary N) is 1. The number of para-hydroxylation sites is 2. The standard InChI is InChI=1S/C12H19N3O3/c1-14-12(16)15-10-5-3-4-6-11(10)18-8-9(7-13)17-2/h3-6,9H,7-8,13H2,1-2H3,(H2,14,15,16). The Morgan fingerprint density at radius 3 is 2.78 bits per heavy atom. The Morgan fingerprint density at radius 1 is 1.44 bits per heavy atom. The molecule has 4 N–H and O–H groups in total. The minimum Gasteiger partial charge on any atom is -0.489 e. The highest BCUT2D eigenvalue weighted by Gasteiger charge is 2.09. The van der Waals surface area contributed by atoms with E-state index in [0.717, 1.165) is 0 Å². The molecule has 0 saturated carbocycles. The lowest BCUT2D eigenvalue weighted by Gasteiger charge is -2.16. The van der Waals surface area contributed by atoms with Crippen LogP contribution in [0.2, 0.25) is 0 Å². The second-order valence-electron chi connectivity index (χ2n) is 3.60. The number of urea groups is 1. The molecule has 0 fully saturated rings. The predicted octanol–water partition coefficient (Wildman–Crippen LogP) is 0.790. The number of benzene rings is 1. The van der Waals surface area contributed by atoms with Crippen molar-refractivity contribution in [3.8, 4) is 5.75 Å². The first kappa shape index (κ1) is 14.3. The van der Waals surface area contributed by atoms with E-state index in [4.69, 9.17) is 15.2 Å². The molecular formula is C12H19N3O3. The molecule has 6 heteroatoms. The lowest BCUT2D eigenvalue weighted by molar-refractivity contribution is 0.0646. The van der Waals surface area contributed by atoms with Gasteiger partial charge in [0.25, 0.3) is 0 Å². The van der Waals surface area contributed by atoms with Crippen molar-refractivity contribution < 1.29 is 14.3 Å². The molecule has 0 heterocycles. The third kappa shape index (κ3) is 4.23. The minimum atomic E-state index is -0.298. The molecule has 0 saturated heterocycles. The van der Waals surface area contributed by atoms with Gasteiger partial charge in [0.15, 0.2) is 0 Å². The number of hydrogen-bond donors (Lipinski definition) is 3. The Balaban J connectivity index is 2.67. The Morgan fingerprint density at radius 2 is 2.17 bits per heavy atom. The molecule has 0 aliphatic rings. The van der Waals surface area contributed by atoms with Crippen molar-refractivity contribution in [2.45, 2.75) is 6.10 Å². The number of hydrogen-bond acceptors (Lipinski definition) is 4. The van der Waals surface area contributed by atoms with Gasteiger partial charge in [-0.2, -0.15) is 0 Å². The number of rotatable bonds is 6. The monoisotopic (exact) mass is 253 g/mol. The highest BCUT2D eigenvalue weighted by atomic mass is 16.5. The van der Waals surface area contributed by atoms with Crippen LogP contribution in [-0.4, -0.2) is 39.4 Å². The minimum absolute atomic E-state index is 0.168. The van der Waals surface area contributed by atoms with Crippen LogP contribution < -0.4 is 21.1 Å². The molecule has 100 valence electrons. The maximum Gasteiger partial charge on any atom is 0.319 e. The van der Waals surface area contributed by atoms with E-state index >= 15 is 0 Å². The van der Waals surface area contributed by atoms with Crippen LogP contribution in [0.5, 0.6) is 5.75 Å². The van der Waals surface area contributed by atoms with Crippen molar-refractivity contribution in [1.29, 1.82) is 0 Å². The van der Waals surface area contributed by atoms with E-state index in [1.807, 2.05) is 12.1 Å². The van der Waals surface area contributed by atoms with Gasteiger partial charge in [-0.25, -0.2) is 4.79 Å². The van der Waals surface area contributed by atoms with E-state index in [2.05, 4.69) is 10.6 Å². The first-order valence-electron chi connectivity index (χ1n) is 5.64. The van der Waals surface area contributed by atoms with Crippen LogP contribution in [0.15, 0.2) is 24.3 Å². The van der Waals surface area contributed by atoms with E-state index in [0.29, 0.717) is 24.6 Å². The fourth-order valence-corrected chi connectivity index (χ4v) is 1.30. The summed E-state index contributed by atoms with van der Waals surface area (Å²) in [5.41, 5.74) is 6.10. The maximum atomic E-state index is 11.3. The van der Waals surface area contributed by atoms with Crippen LogP contribution in [0.3, 0.4) is 0 Å². The smallest absolute Gasteiger partial charge is 0.319 e. The van der Waals surface area contributed by atoms with Crippen LogP contribution >= 0.6 is 0 Å². The van der Waals surface area contributed by atoms with E-state index in [1.165, 1.54) is 0 Å². The highest BCUT2D eigenvalue weighted by Crippen LogP contribution is 2.23. The number of ether oxygens (including phenoxy) is 2. The summed E-state index contributed by atoms with van der Waals surface area (Å²) < 4.78 is 10.7. The molecular weight excluding hydrogens is 234 g/mol. The maximum absolute atomic E-state index is 11.3. The summed E-state index contributed by atoms with van der Waals surface area (Å²) in [5.74, 6) is 0.580. The van der Waals surface area contributed by atoms with Crippen LogP contribution in [0.25, 0.3) is 0 Å². The second-order valence-corrected chi connectivity index (χ2v) is 3.60. The predicted molar refractivity (Wildman–Crippen MR) is 69.9 cm³/mol. The topological polar surface area (TPSA) is 85.6 Å². The zero-order valence-electron chi connectivity index (χ0n) is 10.6. The van der Waals surface area contributed by atoms with Crippen LogP contribution in [-0.2, 0) is 4.74 Å². The lowest BCUT2D eigenvalue weighted by Crippen LogP contribution is -2.29. The van der Waals surface area contributed by atoms with Crippen molar-refractivity contribution >= 4 is 11.7 Å². The van der Waals surface area contributed by atoms with Crippen LogP contribution in [0.1, 0.15) is 0 Å². The van der Waals surface area contributed by atoms with Crippen LogP contribution in [0.4, 0.5) is 10.5 Å². The number of nitrogens with one attached hydrogen (secondary N) is 2. The second kappa shape index (κ2) is 7.52. The molecule has 0 aromatic heterocycles. The van der Waals surface area contributed by atoms with Crippen molar-refractivity contribution in [2.24, 2.45) is 5.73 Å². The number of methoxy groups -OCH3 is 1. The summed E-state index contributed by atoms with van der Waals surface area (Å²) in [6.07, 6.45) is -0.168. The summed E-state index contributed by atoms with van der Waals surface area (Å²) in [6, 6.07) is 6.88. The Bertz CT molecular complexity index is 381. The molecule has 1 aromatic carbocycles. The summed E-state index contributed by atoms with van der Waals surface area (Å²) in [4.78, 5) is 11.3. The normalized spacial score (nSPS) is 11.7. The number of carbonyl (C=O) groups excluding carboxylic acids is 1. The van der Waals surface area contributed by atoms with E-state index < -0.39 is 0 Å². The van der Waals surface area contributed by atoms with Crippen molar-refractivity contribution in [1.82, 2.24) is 5.32 Å². The first-order valence-corrected chi connectivity index (χ1v) is 5.64. The Kier molecular flexibility index (Phi) is 5.96. The molecule has 0 aliphatic carbocycles. The van der Waals surface area contributed by atoms with Gasteiger partial charge >= 0.3 is 6.03 Å². The molecule has 1 atom stereocenters. The van der Waals surface area contributed by atoms with Gasteiger partial charge in [-0.15, -0.1) is 0 Å². The van der Waals surface area contributed by atoms with Gasteiger partial charge in [-0.3, -0.25) is 0 Å². The van der Waals surface area contributed by atoms with Gasteiger partial charge in [-0.05, 0) is 12.1 Å². The fourth-order valence-electron chi connectivity index (χ4n) is 1.30. The van der Waals surface area contributed by atoms with E-state index in [9.17, 15) is 4.79 Å². The zero-order chi connectivity index (χ0) is 13.4. The molecule has 18 heavy (non-hydrogen) atoms. The van der Waals surface area contributed by atoms with Gasteiger partial charge in [0.2, 0.25) is 0 Å². The van der Waals surface area contributed by atoms with Crippen molar-refractivity contribution in [3.63, 3.8) is 0 Å². The third-order valence-electron chi connectivity index (χ3n) is 2.38. The van der Waals surface area contributed by atoms with Gasteiger partial charge in [0.05, 0.1) is 5.69 Å². The average Bonchev–Trinajstić information content (AvgIpc) is 2.41. The van der Waals surface area contributed by atoms with Gasteiger partial charge in [0.1, 0.15) is 18.5 Å². The molecule has 0 spiro atoms. The van der Waals surface area contributed by atoms with Gasteiger partial charge in [-0.1, -0.05) is 12.1 Å². The Labute approximate surface area is 106 Å². The Hall–Kier alpha value is -1.79. The third-order valence-corrected chi connectivity index (χ3v) is 2.38. The molecule has 1 aromatic rings. The molecule has 0 bridgehead atoms. The fraction of sp³-hybridized carbons (Fsp3) is 0.417. The summed E-state index contributed by atoms with van der Waals surface area (Å²) in [6.45, 7) is 0.709. The summed E-state index contributed by atoms with van der Waals surface area (Å²) in [7, 11) is 3.13. The highest BCUT2D eigenvalue weighted by molar-refractivity contribution is 5.90.